The van der Waals surface area contributed by atoms with Gasteiger partial charge in [0.25, 0.3) is 0 Å². The van der Waals surface area contributed by atoms with E-state index in [4.69, 9.17) is 33.2 Å². The highest BCUT2D eigenvalue weighted by atomic mass is 16.7. The Morgan fingerprint density at radius 2 is 1.52 bits per heavy atom. The number of methoxy groups -OCH3 is 3. The van der Waals surface area contributed by atoms with Gasteiger partial charge in [0, 0.05) is 11.8 Å². The lowest BCUT2D eigenvalue weighted by Crippen LogP contribution is -2.61. The number of carbonyl (C=O) groups excluding carboxylic acids is 2. The van der Waals surface area contributed by atoms with E-state index in [1.165, 1.54) is 14.2 Å². The maximum atomic E-state index is 13.3. The van der Waals surface area contributed by atoms with E-state index in [0.29, 0.717) is 28.2 Å². The molecule has 2 aromatic rings. The Morgan fingerprint density at radius 1 is 0.881 bits per heavy atom. The van der Waals surface area contributed by atoms with Crippen LogP contribution in [0.15, 0.2) is 24.3 Å². The fourth-order valence-electron chi connectivity index (χ4n) is 6.20. The number of phenolic OH excluding ortho intramolecular Hbond substituents is 1. The molecule has 4 N–H and O–H groups in total. The molecule has 0 amide bonds. The Balaban J connectivity index is 1.47. The monoisotopic (exact) mass is 590 g/mol. The van der Waals surface area contributed by atoms with Gasteiger partial charge in [-0.15, -0.1) is 0 Å². The molecular weight excluding hydrogens is 560 g/mol. The summed E-state index contributed by atoms with van der Waals surface area (Å²) in [5.41, 5.74) is 1.71. The topological polar surface area (TPSA) is 189 Å². The molecule has 42 heavy (non-hydrogen) atoms. The van der Waals surface area contributed by atoms with E-state index >= 15 is 0 Å². The Hall–Kier alpha value is -3.82. The average Bonchev–Trinajstić information content (AvgIpc) is 3.62. The number of ether oxygens (including phenoxy) is 8. The van der Waals surface area contributed by atoms with Gasteiger partial charge in [0.15, 0.2) is 35.4 Å². The van der Waals surface area contributed by atoms with Crippen molar-refractivity contribution in [2.75, 3.05) is 34.7 Å². The summed E-state index contributed by atoms with van der Waals surface area (Å²) >= 11 is 0. The summed E-state index contributed by atoms with van der Waals surface area (Å²) in [6, 6.07) is 6.63. The van der Waals surface area contributed by atoms with E-state index in [-0.39, 0.29) is 30.6 Å². The van der Waals surface area contributed by atoms with Crippen LogP contribution >= 0.6 is 0 Å². The molecule has 0 radical (unpaired) electrons. The second-order valence-electron chi connectivity index (χ2n) is 10.4. The predicted octanol–water partition coefficient (Wildman–Crippen LogP) is 0.111. The maximum absolute atomic E-state index is 13.3. The summed E-state index contributed by atoms with van der Waals surface area (Å²) in [4.78, 5) is 25.6. The standard InChI is InChI=1S/C28H30O14/c1-35-16-4-10(5-17(36-2)20(16)29)18-11-6-14-15(40-9-39-14)7-12(11)24(13-8-38-26(33)19(13)18)41-28-23(32)21(30)22(31)25(42-28)27(34)37-3/h4-7,13,18-19,21-25,28-32H,8-9H2,1-3H3/t13?,18-,19+,21+,22+,23-,24-,25+,28-/m1/s1. The van der Waals surface area contributed by atoms with Crippen LogP contribution in [0, 0.1) is 11.8 Å². The van der Waals surface area contributed by atoms with Gasteiger partial charge in [-0.1, -0.05) is 0 Å². The Kier molecular flexibility index (Phi) is 7.27. The SMILES string of the molecule is COC(=O)[C@H]1O[C@@H](O[C@@H]2c3cc4c(cc3[C@@H](c3cc(OC)c(O)c(OC)c3)[C@H]3C(=O)OCC23)OCO4)[C@H](O)[C@@H](O)[C@@H]1O. The van der Waals surface area contributed by atoms with Crippen LogP contribution < -0.4 is 18.9 Å². The second kappa shape index (κ2) is 10.8. The van der Waals surface area contributed by atoms with Gasteiger partial charge in [-0.05, 0) is 41.0 Å². The third-order valence-electron chi connectivity index (χ3n) is 8.26. The Labute approximate surface area is 239 Å². The fraction of sp³-hybridized carbons (Fsp3) is 0.500. The van der Waals surface area contributed by atoms with Gasteiger partial charge >= 0.3 is 11.9 Å². The van der Waals surface area contributed by atoms with Crippen LogP contribution in [-0.4, -0.2) is 97.8 Å². The first-order valence-electron chi connectivity index (χ1n) is 13.2. The summed E-state index contributed by atoms with van der Waals surface area (Å²) in [7, 11) is 3.87. The highest BCUT2D eigenvalue weighted by Crippen LogP contribution is 2.57. The smallest absolute Gasteiger partial charge is 0.337 e. The number of aliphatic hydroxyl groups excluding tert-OH is 3. The molecule has 1 unspecified atom stereocenters. The van der Waals surface area contributed by atoms with E-state index in [1.807, 2.05) is 0 Å². The molecule has 226 valence electrons. The van der Waals surface area contributed by atoms with Crippen LogP contribution in [0.5, 0.6) is 28.7 Å². The zero-order valence-electron chi connectivity index (χ0n) is 22.8. The number of hydrogen-bond donors (Lipinski definition) is 4. The van der Waals surface area contributed by atoms with Crippen molar-refractivity contribution in [3.8, 4) is 28.7 Å². The van der Waals surface area contributed by atoms with Crippen molar-refractivity contribution in [1.82, 2.24) is 0 Å². The van der Waals surface area contributed by atoms with Crippen LogP contribution in [-0.2, 0) is 28.5 Å². The average molecular weight is 591 g/mol. The summed E-state index contributed by atoms with van der Waals surface area (Å²) in [6.07, 6.45) is -9.53. The summed E-state index contributed by atoms with van der Waals surface area (Å²) in [5, 5.41) is 42.1. The minimum Gasteiger partial charge on any atom is -0.502 e. The highest BCUT2D eigenvalue weighted by Gasteiger charge is 2.56. The van der Waals surface area contributed by atoms with E-state index in [9.17, 15) is 30.0 Å². The predicted molar refractivity (Wildman–Crippen MR) is 136 cm³/mol. The van der Waals surface area contributed by atoms with Crippen LogP contribution in [0.2, 0.25) is 0 Å². The first-order chi connectivity index (χ1) is 20.2. The van der Waals surface area contributed by atoms with Gasteiger partial charge in [-0.3, -0.25) is 4.79 Å². The van der Waals surface area contributed by atoms with Crippen LogP contribution in [0.4, 0.5) is 0 Å². The third-order valence-corrected chi connectivity index (χ3v) is 8.26. The van der Waals surface area contributed by atoms with E-state index in [2.05, 4.69) is 4.74 Å². The molecule has 2 fully saturated rings. The molecule has 9 atom stereocenters. The van der Waals surface area contributed by atoms with Gasteiger partial charge < -0.3 is 58.3 Å². The van der Waals surface area contributed by atoms with E-state index in [0.717, 1.165) is 7.11 Å². The van der Waals surface area contributed by atoms with Gasteiger partial charge in [0.2, 0.25) is 12.5 Å². The third kappa shape index (κ3) is 4.37. The van der Waals surface area contributed by atoms with Gasteiger partial charge in [-0.25, -0.2) is 4.79 Å². The molecule has 1 aliphatic carbocycles. The molecule has 6 rings (SSSR count). The molecule has 2 aromatic carbocycles. The lowest BCUT2D eigenvalue weighted by atomic mass is 9.66. The number of cyclic esters (lactones) is 1. The number of fused-ring (bicyclic) bond motifs is 3. The minimum atomic E-state index is -1.80. The van der Waals surface area contributed by atoms with E-state index < -0.39 is 66.5 Å². The van der Waals surface area contributed by atoms with Gasteiger partial charge in [0.05, 0.1) is 40.0 Å². The molecule has 3 heterocycles. The van der Waals surface area contributed by atoms with Crippen LogP contribution in [0.3, 0.4) is 0 Å². The second-order valence-corrected chi connectivity index (χ2v) is 10.4. The quantitative estimate of drug-likeness (QED) is 0.332. The number of benzene rings is 2. The number of phenols is 1. The lowest BCUT2D eigenvalue weighted by Gasteiger charge is -2.44. The minimum absolute atomic E-state index is 0.0283. The number of rotatable bonds is 6. The van der Waals surface area contributed by atoms with Crippen molar-refractivity contribution in [2.24, 2.45) is 11.8 Å². The van der Waals surface area contributed by atoms with Crippen molar-refractivity contribution < 1.29 is 67.9 Å². The number of aromatic hydroxyl groups is 1. The van der Waals surface area contributed by atoms with Crippen LogP contribution in [0.1, 0.15) is 28.7 Å². The molecule has 0 spiro atoms. The maximum Gasteiger partial charge on any atom is 0.337 e. The summed E-state index contributed by atoms with van der Waals surface area (Å²) in [5.74, 6) is -2.69. The highest BCUT2D eigenvalue weighted by molar-refractivity contribution is 5.79. The molecule has 0 aromatic heterocycles. The number of hydrogen-bond acceptors (Lipinski definition) is 14. The van der Waals surface area contributed by atoms with Gasteiger partial charge in [-0.2, -0.15) is 0 Å². The molecule has 14 nitrogen and oxygen atoms in total. The zero-order chi connectivity index (χ0) is 29.9. The lowest BCUT2D eigenvalue weighted by molar-refractivity contribution is -0.311. The first-order valence-corrected chi connectivity index (χ1v) is 13.2. The van der Waals surface area contributed by atoms with Crippen molar-refractivity contribution in [3.05, 3.63) is 41.0 Å². The van der Waals surface area contributed by atoms with Crippen molar-refractivity contribution in [2.45, 2.75) is 42.7 Å². The van der Waals surface area contributed by atoms with Crippen molar-refractivity contribution >= 4 is 11.9 Å². The first kappa shape index (κ1) is 28.3. The Morgan fingerprint density at radius 3 is 2.14 bits per heavy atom. The fourth-order valence-corrected chi connectivity index (χ4v) is 6.20. The number of aliphatic hydroxyl groups is 3. The van der Waals surface area contributed by atoms with Crippen LogP contribution in [0.25, 0.3) is 0 Å². The molecule has 3 aliphatic heterocycles. The zero-order valence-corrected chi connectivity index (χ0v) is 22.8. The number of carbonyl (C=O) groups is 2. The van der Waals surface area contributed by atoms with E-state index in [1.54, 1.807) is 24.3 Å². The molecule has 2 saturated heterocycles. The molecule has 0 saturated carbocycles. The number of esters is 2. The van der Waals surface area contributed by atoms with Crippen molar-refractivity contribution in [3.63, 3.8) is 0 Å². The van der Waals surface area contributed by atoms with Crippen molar-refractivity contribution in [1.29, 1.82) is 0 Å². The molecule has 4 aliphatic rings. The molecular formula is C28H30O14. The Bertz CT molecular complexity index is 1370. The molecule has 14 heteroatoms. The largest absolute Gasteiger partial charge is 0.502 e. The summed E-state index contributed by atoms with van der Waals surface area (Å²) < 4.78 is 44.0. The molecule has 0 bridgehead atoms. The summed E-state index contributed by atoms with van der Waals surface area (Å²) in [6.45, 7) is -0.0845. The normalized spacial score (nSPS) is 32.9. The van der Waals surface area contributed by atoms with Gasteiger partial charge in [0.1, 0.15) is 18.3 Å².